The molecule has 1 aromatic rings. The van der Waals surface area contributed by atoms with Gasteiger partial charge in [-0.25, -0.2) is 0 Å². The number of carbonyl (C=O) groups is 1. The van der Waals surface area contributed by atoms with Crippen LogP contribution in [0, 0.1) is 0 Å². The number of nitrogens with zero attached hydrogens (tertiary/aromatic N) is 2. The first-order valence-electron chi connectivity index (χ1n) is 14.5. The summed E-state index contributed by atoms with van der Waals surface area (Å²) in [6, 6.07) is 10.7. The van der Waals surface area contributed by atoms with Crippen LogP contribution in [-0.4, -0.2) is 48.4 Å². The van der Waals surface area contributed by atoms with E-state index in [1.807, 2.05) is 0 Å². The van der Waals surface area contributed by atoms with Gasteiger partial charge in [-0.2, -0.15) is 0 Å². The van der Waals surface area contributed by atoms with Crippen molar-refractivity contribution in [1.82, 2.24) is 9.80 Å². The molecular weight excluding hydrogens is 452 g/mol. The molecule has 1 aliphatic rings. The largest absolute Gasteiger partial charge is 0.340 e. The monoisotopic (exact) mass is 504 g/mol. The lowest BCUT2D eigenvalue weighted by Gasteiger charge is -2.34. The highest BCUT2D eigenvalue weighted by molar-refractivity contribution is 5.76. The number of allylic oxidation sites excluding steroid dienone is 8. The van der Waals surface area contributed by atoms with E-state index in [1.165, 1.54) is 34.3 Å². The predicted molar refractivity (Wildman–Crippen MR) is 161 cm³/mol. The molecule has 1 fully saturated rings. The molecular formula is C34H52N2O. The molecule has 3 heteroatoms. The number of benzene rings is 1. The lowest BCUT2D eigenvalue weighted by molar-refractivity contribution is -0.132. The van der Waals surface area contributed by atoms with Crippen LogP contribution in [0.15, 0.2) is 76.9 Å². The Hall–Kier alpha value is -2.39. The Labute approximate surface area is 228 Å². The Kier molecular flexibility index (Phi) is 15.0. The summed E-state index contributed by atoms with van der Waals surface area (Å²) in [5, 5.41) is 0. The standard InChI is InChI=1S/C34H52N2O/c1-29(2)13-9-14-30(3)15-10-16-31(4)17-11-18-32(5)19-12-22-34(37)36-27-25-35(26-28-36)24-23-33-20-7-6-8-21-33/h6-8,13,15,17,19-21H,9-12,14,16,18,22-28H2,1-5H3/b30-15+,31-17+,32-19+. The Morgan fingerprint density at radius 2 is 1.16 bits per heavy atom. The normalized spacial score (nSPS) is 15.7. The number of hydrogen-bond acceptors (Lipinski definition) is 2. The molecule has 3 nitrogen and oxygen atoms in total. The van der Waals surface area contributed by atoms with E-state index in [1.54, 1.807) is 0 Å². The first-order valence-corrected chi connectivity index (χ1v) is 14.5. The SMILES string of the molecule is CC(C)=CCC/C(C)=C/CC/C(C)=C/CC/C(C)=C/CCC(=O)N1CCN(CCc2ccccc2)CC1. The maximum atomic E-state index is 12.7. The van der Waals surface area contributed by atoms with Gasteiger partial charge in [0, 0.05) is 39.1 Å². The third-order valence-electron chi connectivity index (χ3n) is 7.29. The van der Waals surface area contributed by atoms with Crippen LogP contribution in [0.3, 0.4) is 0 Å². The van der Waals surface area contributed by atoms with Crippen LogP contribution in [0.1, 0.15) is 91.5 Å². The van der Waals surface area contributed by atoms with Gasteiger partial charge >= 0.3 is 0 Å². The Balaban J connectivity index is 1.57. The average Bonchev–Trinajstić information content (AvgIpc) is 2.88. The van der Waals surface area contributed by atoms with Crippen molar-refractivity contribution >= 4 is 5.91 Å². The topological polar surface area (TPSA) is 23.6 Å². The first kappa shape index (κ1) is 30.8. The maximum absolute atomic E-state index is 12.7. The summed E-state index contributed by atoms with van der Waals surface area (Å²) in [5.74, 6) is 0.312. The molecule has 0 aromatic heterocycles. The quantitative estimate of drug-likeness (QED) is 0.224. The zero-order valence-electron chi connectivity index (χ0n) is 24.4. The van der Waals surface area contributed by atoms with Crippen LogP contribution < -0.4 is 0 Å². The predicted octanol–water partition coefficient (Wildman–Crippen LogP) is 8.30. The highest BCUT2D eigenvalue weighted by Crippen LogP contribution is 2.14. The Morgan fingerprint density at radius 3 is 1.68 bits per heavy atom. The summed E-state index contributed by atoms with van der Waals surface area (Å²) in [4.78, 5) is 17.2. The smallest absolute Gasteiger partial charge is 0.222 e. The first-order chi connectivity index (χ1) is 17.8. The van der Waals surface area contributed by atoms with Gasteiger partial charge in [-0.15, -0.1) is 0 Å². The fourth-order valence-electron chi connectivity index (χ4n) is 4.74. The van der Waals surface area contributed by atoms with Crippen molar-refractivity contribution < 1.29 is 4.79 Å². The molecule has 1 amide bonds. The maximum Gasteiger partial charge on any atom is 0.222 e. The molecule has 0 bridgehead atoms. The van der Waals surface area contributed by atoms with Gasteiger partial charge in [-0.05, 0) is 91.5 Å². The number of carbonyl (C=O) groups excluding carboxylic acids is 1. The summed E-state index contributed by atoms with van der Waals surface area (Å²) in [5.41, 5.74) is 7.19. The van der Waals surface area contributed by atoms with E-state index in [-0.39, 0.29) is 0 Å². The summed E-state index contributed by atoms with van der Waals surface area (Å²) >= 11 is 0. The summed E-state index contributed by atoms with van der Waals surface area (Å²) in [6.07, 6.45) is 18.8. The Bertz CT molecular complexity index is 910. The molecule has 0 aliphatic carbocycles. The fourth-order valence-corrected chi connectivity index (χ4v) is 4.74. The average molecular weight is 505 g/mol. The molecule has 37 heavy (non-hydrogen) atoms. The van der Waals surface area contributed by atoms with Gasteiger partial charge in [0.1, 0.15) is 0 Å². The van der Waals surface area contributed by atoms with Crippen molar-refractivity contribution in [2.45, 2.75) is 92.4 Å². The molecule has 2 rings (SSSR count). The third kappa shape index (κ3) is 14.2. The van der Waals surface area contributed by atoms with Gasteiger partial charge in [-0.3, -0.25) is 9.69 Å². The number of piperazine rings is 1. The van der Waals surface area contributed by atoms with Crippen LogP contribution in [0.4, 0.5) is 0 Å². The highest BCUT2D eigenvalue weighted by atomic mass is 16.2. The molecule has 0 unspecified atom stereocenters. The van der Waals surface area contributed by atoms with Crippen molar-refractivity contribution in [2.75, 3.05) is 32.7 Å². The van der Waals surface area contributed by atoms with E-state index in [0.29, 0.717) is 12.3 Å². The lowest BCUT2D eigenvalue weighted by atomic mass is 10.0. The minimum atomic E-state index is 0.312. The molecule has 1 heterocycles. The second-order valence-electron chi connectivity index (χ2n) is 11.0. The molecule has 0 atom stereocenters. The van der Waals surface area contributed by atoms with E-state index in [2.05, 4.69) is 99.1 Å². The summed E-state index contributed by atoms with van der Waals surface area (Å²) < 4.78 is 0. The molecule has 0 saturated carbocycles. The Morgan fingerprint density at radius 1 is 0.676 bits per heavy atom. The van der Waals surface area contributed by atoms with Crippen molar-refractivity contribution in [2.24, 2.45) is 0 Å². The van der Waals surface area contributed by atoms with Gasteiger partial charge in [-0.1, -0.05) is 76.9 Å². The zero-order chi connectivity index (χ0) is 26.9. The fraction of sp³-hybridized carbons (Fsp3) is 0.559. The van der Waals surface area contributed by atoms with Gasteiger partial charge in [0.05, 0.1) is 0 Å². The van der Waals surface area contributed by atoms with E-state index in [9.17, 15) is 4.79 Å². The van der Waals surface area contributed by atoms with Crippen molar-refractivity contribution in [3.05, 3.63) is 82.5 Å². The molecule has 1 saturated heterocycles. The van der Waals surface area contributed by atoms with E-state index >= 15 is 0 Å². The van der Waals surface area contributed by atoms with Gasteiger partial charge in [0.15, 0.2) is 0 Å². The molecule has 0 N–H and O–H groups in total. The third-order valence-corrected chi connectivity index (χ3v) is 7.29. The highest BCUT2D eigenvalue weighted by Gasteiger charge is 2.20. The summed E-state index contributed by atoms with van der Waals surface area (Å²) in [6.45, 7) is 15.8. The van der Waals surface area contributed by atoms with Crippen LogP contribution in [0.5, 0.6) is 0 Å². The molecule has 0 radical (unpaired) electrons. The second-order valence-corrected chi connectivity index (χ2v) is 11.0. The minimum absolute atomic E-state index is 0.312. The van der Waals surface area contributed by atoms with Gasteiger partial charge in [0.2, 0.25) is 5.91 Å². The van der Waals surface area contributed by atoms with Crippen LogP contribution >= 0.6 is 0 Å². The van der Waals surface area contributed by atoms with Crippen molar-refractivity contribution in [1.29, 1.82) is 0 Å². The van der Waals surface area contributed by atoms with Crippen LogP contribution in [-0.2, 0) is 11.2 Å². The number of rotatable bonds is 15. The number of amides is 1. The van der Waals surface area contributed by atoms with Gasteiger partial charge < -0.3 is 4.90 Å². The van der Waals surface area contributed by atoms with E-state index in [0.717, 1.165) is 77.7 Å². The van der Waals surface area contributed by atoms with Crippen LogP contribution in [0.25, 0.3) is 0 Å². The number of hydrogen-bond donors (Lipinski definition) is 0. The summed E-state index contributed by atoms with van der Waals surface area (Å²) in [7, 11) is 0. The van der Waals surface area contributed by atoms with Crippen molar-refractivity contribution in [3.8, 4) is 0 Å². The van der Waals surface area contributed by atoms with E-state index in [4.69, 9.17) is 0 Å². The molecule has 0 spiro atoms. The van der Waals surface area contributed by atoms with E-state index < -0.39 is 0 Å². The zero-order valence-corrected chi connectivity index (χ0v) is 24.4. The van der Waals surface area contributed by atoms with Gasteiger partial charge in [0.25, 0.3) is 0 Å². The molecule has 1 aliphatic heterocycles. The minimum Gasteiger partial charge on any atom is -0.340 e. The lowest BCUT2D eigenvalue weighted by Crippen LogP contribution is -2.49. The van der Waals surface area contributed by atoms with Crippen LogP contribution in [0.2, 0.25) is 0 Å². The second kappa shape index (κ2) is 18.0. The van der Waals surface area contributed by atoms with Crippen molar-refractivity contribution in [3.63, 3.8) is 0 Å². The molecule has 1 aromatic carbocycles. The molecule has 204 valence electrons.